The summed E-state index contributed by atoms with van der Waals surface area (Å²) in [6, 6.07) is 9.17. The molecule has 1 amide bonds. The van der Waals surface area contributed by atoms with Crippen LogP contribution in [0, 0.1) is 5.92 Å². The van der Waals surface area contributed by atoms with Crippen LogP contribution in [0.1, 0.15) is 23.8 Å². The molecule has 0 radical (unpaired) electrons. The molecule has 0 aliphatic carbocycles. The number of likely N-dealkylation sites (tertiary alicyclic amines) is 1. The Morgan fingerprint density at radius 1 is 1.18 bits per heavy atom. The fraction of sp³-hybridized carbons (Fsp3) is 0.350. The lowest BCUT2D eigenvalue weighted by Gasteiger charge is -2.42. The first-order valence-corrected chi connectivity index (χ1v) is 10.5. The molecule has 6 nitrogen and oxygen atoms in total. The molecule has 2 aromatic heterocycles. The Morgan fingerprint density at radius 3 is 2.89 bits per heavy atom. The van der Waals surface area contributed by atoms with Crippen LogP contribution in [0.15, 0.2) is 56.9 Å². The van der Waals surface area contributed by atoms with Gasteiger partial charge in [-0.05, 0) is 30.5 Å². The number of aromatic nitrogens is 1. The maximum absolute atomic E-state index is 12.8. The van der Waals surface area contributed by atoms with Gasteiger partial charge in [0, 0.05) is 43.5 Å². The van der Waals surface area contributed by atoms with E-state index in [0.717, 1.165) is 31.7 Å². The summed E-state index contributed by atoms with van der Waals surface area (Å²) in [6.07, 6.45) is 4.64. The quantitative estimate of drug-likeness (QED) is 0.570. The number of carbonyl (C=O) groups is 1. The molecule has 0 aromatic carbocycles. The maximum atomic E-state index is 12.8. The summed E-state index contributed by atoms with van der Waals surface area (Å²) in [6.45, 7) is 2.76. The topological polar surface area (TPSA) is 58.7 Å². The first kappa shape index (κ1) is 17.8. The molecule has 5 heterocycles. The number of rotatable bonds is 3. The molecule has 144 valence electrons. The van der Waals surface area contributed by atoms with Crippen molar-refractivity contribution in [2.45, 2.75) is 25.4 Å². The molecular formula is C20H19N3O3S2. The van der Waals surface area contributed by atoms with Crippen LogP contribution in [0.4, 0.5) is 0 Å². The largest absolute Gasteiger partial charge is 0.467 e. The average Bonchev–Trinajstić information content (AvgIpc) is 3.27. The Hall–Kier alpha value is -2.32. The van der Waals surface area contributed by atoms with Crippen LogP contribution in [-0.4, -0.2) is 37.7 Å². The van der Waals surface area contributed by atoms with E-state index in [1.165, 1.54) is 11.8 Å². The molecule has 0 saturated carbocycles. The summed E-state index contributed by atoms with van der Waals surface area (Å²) in [5, 5.41) is 0. The van der Waals surface area contributed by atoms with E-state index >= 15 is 0 Å². The second kappa shape index (κ2) is 6.93. The number of thioether (sulfide) groups is 1. The third-order valence-electron chi connectivity index (χ3n) is 5.58. The molecule has 5 rings (SSSR count). The highest BCUT2D eigenvalue weighted by molar-refractivity contribution is 8.26. The lowest BCUT2D eigenvalue weighted by atomic mass is 9.83. The van der Waals surface area contributed by atoms with Gasteiger partial charge in [-0.2, -0.15) is 0 Å². The normalized spacial score (nSPS) is 25.5. The van der Waals surface area contributed by atoms with Gasteiger partial charge in [0.15, 0.2) is 0 Å². The third kappa shape index (κ3) is 3.10. The van der Waals surface area contributed by atoms with Crippen molar-refractivity contribution in [3.63, 3.8) is 0 Å². The third-order valence-corrected chi connectivity index (χ3v) is 6.94. The highest BCUT2D eigenvalue weighted by atomic mass is 32.2. The second-order valence-corrected chi connectivity index (χ2v) is 9.16. The Balaban J connectivity index is 1.35. The summed E-state index contributed by atoms with van der Waals surface area (Å²) in [5.41, 5.74) is 1.19. The number of thiocarbonyl (C=S) groups is 1. The van der Waals surface area contributed by atoms with Gasteiger partial charge in [0.1, 0.15) is 10.1 Å². The van der Waals surface area contributed by atoms with Crippen molar-refractivity contribution in [1.82, 2.24) is 14.4 Å². The number of hydrogen-bond acceptors (Lipinski definition) is 6. The molecule has 3 aliphatic heterocycles. The van der Waals surface area contributed by atoms with E-state index in [4.69, 9.17) is 16.6 Å². The van der Waals surface area contributed by atoms with Gasteiger partial charge in [-0.1, -0.05) is 30.0 Å². The number of furan rings is 1. The van der Waals surface area contributed by atoms with Crippen LogP contribution in [0.2, 0.25) is 0 Å². The first-order chi connectivity index (χ1) is 13.6. The highest BCUT2D eigenvalue weighted by Gasteiger charge is 2.36. The fourth-order valence-corrected chi connectivity index (χ4v) is 5.65. The van der Waals surface area contributed by atoms with Crippen LogP contribution in [0.3, 0.4) is 0 Å². The van der Waals surface area contributed by atoms with Crippen molar-refractivity contribution >= 4 is 34.2 Å². The number of carbonyl (C=O) groups excluding carboxylic acids is 1. The van der Waals surface area contributed by atoms with Crippen LogP contribution >= 0.6 is 24.0 Å². The molecule has 2 aromatic rings. The number of amides is 1. The molecule has 2 fully saturated rings. The summed E-state index contributed by atoms with van der Waals surface area (Å²) in [7, 11) is 0. The SMILES string of the molecule is O=C1/C(=C/N2C[C@@H]3C[C@@H](C2)c2cccc(=O)n2C3)SC(=S)N1Cc1ccco1. The van der Waals surface area contributed by atoms with E-state index in [1.807, 2.05) is 22.9 Å². The van der Waals surface area contributed by atoms with Crippen LogP contribution < -0.4 is 5.56 Å². The van der Waals surface area contributed by atoms with Crippen molar-refractivity contribution in [2.24, 2.45) is 5.92 Å². The van der Waals surface area contributed by atoms with E-state index in [1.54, 1.807) is 23.3 Å². The Labute approximate surface area is 171 Å². The molecule has 0 N–H and O–H groups in total. The molecule has 2 saturated heterocycles. The Kier molecular flexibility index (Phi) is 4.40. The fourth-order valence-electron chi connectivity index (χ4n) is 4.39. The zero-order valence-electron chi connectivity index (χ0n) is 15.1. The maximum Gasteiger partial charge on any atom is 0.268 e. The van der Waals surface area contributed by atoms with Gasteiger partial charge in [-0.25, -0.2) is 0 Å². The summed E-state index contributed by atoms with van der Waals surface area (Å²) in [4.78, 5) is 29.5. The van der Waals surface area contributed by atoms with Gasteiger partial charge in [0.2, 0.25) is 0 Å². The lowest BCUT2D eigenvalue weighted by Crippen LogP contribution is -2.45. The molecule has 0 spiro atoms. The Morgan fingerprint density at radius 2 is 2.07 bits per heavy atom. The van der Waals surface area contributed by atoms with E-state index in [0.29, 0.717) is 33.4 Å². The number of hydrogen-bond donors (Lipinski definition) is 0. The zero-order valence-corrected chi connectivity index (χ0v) is 16.7. The summed E-state index contributed by atoms with van der Waals surface area (Å²) < 4.78 is 7.82. The molecule has 28 heavy (non-hydrogen) atoms. The first-order valence-electron chi connectivity index (χ1n) is 9.30. The molecule has 8 heteroatoms. The van der Waals surface area contributed by atoms with Crippen LogP contribution in [-0.2, 0) is 17.9 Å². The van der Waals surface area contributed by atoms with Crippen LogP contribution in [0.5, 0.6) is 0 Å². The minimum atomic E-state index is -0.0706. The van der Waals surface area contributed by atoms with Gasteiger partial charge in [0.05, 0.1) is 17.7 Å². The molecule has 2 atom stereocenters. The standard InChI is InChI=1S/C20H19N3O3S2/c24-18-5-1-4-16-14-7-13(9-22(16)18)8-21(10-14)12-17-19(25)23(20(27)28-17)11-15-3-2-6-26-15/h1-6,12-14H,7-11H2/b17-12-/t13-,14-/m0/s1. The monoisotopic (exact) mass is 413 g/mol. The predicted molar refractivity (Wildman–Crippen MR) is 111 cm³/mol. The number of pyridine rings is 1. The van der Waals surface area contributed by atoms with Crippen molar-refractivity contribution in [2.75, 3.05) is 13.1 Å². The van der Waals surface area contributed by atoms with Crippen molar-refractivity contribution in [1.29, 1.82) is 0 Å². The van der Waals surface area contributed by atoms with Crippen molar-refractivity contribution in [3.8, 4) is 0 Å². The van der Waals surface area contributed by atoms with E-state index in [2.05, 4.69) is 11.0 Å². The summed E-state index contributed by atoms with van der Waals surface area (Å²) >= 11 is 6.75. The van der Waals surface area contributed by atoms with Gasteiger partial charge in [-0.15, -0.1) is 0 Å². The number of nitrogens with zero attached hydrogens (tertiary/aromatic N) is 3. The van der Waals surface area contributed by atoms with E-state index < -0.39 is 0 Å². The van der Waals surface area contributed by atoms with E-state index in [-0.39, 0.29) is 11.5 Å². The van der Waals surface area contributed by atoms with Gasteiger partial charge in [-0.3, -0.25) is 14.5 Å². The Bertz CT molecular complexity index is 1030. The minimum Gasteiger partial charge on any atom is -0.467 e. The van der Waals surface area contributed by atoms with Gasteiger partial charge >= 0.3 is 0 Å². The zero-order chi connectivity index (χ0) is 19.3. The van der Waals surface area contributed by atoms with Gasteiger partial charge in [0.25, 0.3) is 11.5 Å². The second-order valence-electron chi connectivity index (χ2n) is 7.48. The highest BCUT2D eigenvalue weighted by Crippen LogP contribution is 2.37. The van der Waals surface area contributed by atoms with Crippen molar-refractivity contribution in [3.05, 3.63) is 69.5 Å². The predicted octanol–water partition coefficient (Wildman–Crippen LogP) is 2.76. The number of fused-ring (bicyclic) bond motifs is 4. The summed E-state index contributed by atoms with van der Waals surface area (Å²) in [5.74, 6) is 1.37. The molecule has 3 aliphatic rings. The minimum absolute atomic E-state index is 0.0706. The van der Waals surface area contributed by atoms with Gasteiger partial charge < -0.3 is 13.9 Å². The lowest BCUT2D eigenvalue weighted by molar-refractivity contribution is -0.122. The molecule has 2 bridgehead atoms. The van der Waals surface area contributed by atoms with Crippen molar-refractivity contribution < 1.29 is 9.21 Å². The number of piperidine rings is 1. The molecular weight excluding hydrogens is 394 g/mol. The smallest absolute Gasteiger partial charge is 0.268 e. The molecule has 0 unspecified atom stereocenters. The average molecular weight is 414 g/mol. The van der Waals surface area contributed by atoms with E-state index in [9.17, 15) is 9.59 Å². The van der Waals surface area contributed by atoms with Crippen LogP contribution in [0.25, 0.3) is 0 Å².